The molecule has 0 unspecified atom stereocenters. The summed E-state index contributed by atoms with van der Waals surface area (Å²) in [6.45, 7) is 4.00. The normalized spacial score (nSPS) is 11.9. The summed E-state index contributed by atoms with van der Waals surface area (Å²) in [4.78, 5) is 12.2. The number of nitrogens with one attached hydrogen (secondary N) is 1. The third-order valence-electron chi connectivity index (χ3n) is 2.85. The van der Waals surface area contributed by atoms with Gasteiger partial charge in [-0.1, -0.05) is 43.4 Å². The molecular formula is C15H19N3O2S. The molecule has 0 spiro atoms. The molecule has 1 amide bonds. The Kier molecular flexibility index (Phi) is 5.68. The van der Waals surface area contributed by atoms with Crippen LogP contribution in [0.25, 0.3) is 0 Å². The van der Waals surface area contributed by atoms with Gasteiger partial charge in [-0.2, -0.15) is 0 Å². The van der Waals surface area contributed by atoms with Crippen LogP contribution < -0.4 is 10.1 Å². The van der Waals surface area contributed by atoms with Gasteiger partial charge in [-0.25, -0.2) is 0 Å². The van der Waals surface area contributed by atoms with E-state index < -0.39 is 6.10 Å². The Morgan fingerprint density at radius 3 is 2.71 bits per heavy atom. The number of para-hydroxylation sites is 1. The molecule has 0 saturated carbocycles. The summed E-state index contributed by atoms with van der Waals surface area (Å²) in [5.41, 5.74) is 0. The maximum atomic E-state index is 12.2. The molecule has 2 aromatic rings. The predicted octanol–water partition coefficient (Wildman–Crippen LogP) is 3.29. The smallest absolute Gasteiger partial charge is 0.267 e. The number of ether oxygens (including phenoxy) is 1. The van der Waals surface area contributed by atoms with Gasteiger partial charge in [-0.05, 0) is 25.0 Å². The van der Waals surface area contributed by atoms with Crippen LogP contribution in [0.5, 0.6) is 5.75 Å². The molecule has 1 heterocycles. The van der Waals surface area contributed by atoms with Gasteiger partial charge < -0.3 is 4.74 Å². The fourth-order valence-electron chi connectivity index (χ4n) is 1.79. The fraction of sp³-hybridized carbons (Fsp3) is 0.400. The second-order valence-corrected chi connectivity index (χ2v) is 5.63. The summed E-state index contributed by atoms with van der Waals surface area (Å²) in [6, 6.07) is 9.33. The van der Waals surface area contributed by atoms with Gasteiger partial charge in [0.15, 0.2) is 6.10 Å². The number of benzene rings is 1. The molecule has 5 nitrogen and oxygen atoms in total. The van der Waals surface area contributed by atoms with Crippen molar-refractivity contribution in [3.8, 4) is 5.75 Å². The quantitative estimate of drug-likeness (QED) is 0.852. The number of hydrogen-bond acceptors (Lipinski definition) is 5. The van der Waals surface area contributed by atoms with E-state index in [1.807, 2.05) is 37.3 Å². The monoisotopic (exact) mass is 305 g/mol. The summed E-state index contributed by atoms with van der Waals surface area (Å²) in [5, 5.41) is 12.3. The van der Waals surface area contributed by atoms with Gasteiger partial charge in [0.1, 0.15) is 10.8 Å². The molecule has 112 valence electrons. The van der Waals surface area contributed by atoms with Crippen LogP contribution in [0.15, 0.2) is 30.3 Å². The minimum absolute atomic E-state index is 0.194. The Morgan fingerprint density at radius 1 is 1.29 bits per heavy atom. The molecular weight excluding hydrogens is 286 g/mol. The SMILES string of the molecule is CCCc1nnc(NC(=O)[C@H](CC)Oc2ccccc2)s1. The van der Waals surface area contributed by atoms with E-state index in [2.05, 4.69) is 22.4 Å². The standard InChI is InChI=1S/C15H19N3O2S/c1-3-8-13-17-18-15(21-13)16-14(19)12(4-2)20-11-9-6-5-7-10-11/h5-7,9-10,12H,3-4,8H2,1-2H3,(H,16,18,19)/t12-/m0/s1. The lowest BCUT2D eigenvalue weighted by Gasteiger charge is -2.16. The van der Waals surface area contributed by atoms with Gasteiger partial charge in [0.25, 0.3) is 5.91 Å². The number of aryl methyl sites for hydroxylation is 1. The summed E-state index contributed by atoms with van der Waals surface area (Å²) in [5.74, 6) is 0.490. The van der Waals surface area contributed by atoms with E-state index in [0.717, 1.165) is 17.8 Å². The summed E-state index contributed by atoms with van der Waals surface area (Å²) in [7, 11) is 0. The van der Waals surface area contributed by atoms with Gasteiger partial charge in [0.05, 0.1) is 0 Å². The van der Waals surface area contributed by atoms with Crippen molar-refractivity contribution in [3.63, 3.8) is 0 Å². The molecule has 0 aliphatic carbocycles. The van der Waals surface area contributed by atoms with Crippen molar-refractivity contribution in [2.75, 3.05) is 5.32 Å². The zero-order chi connectivity index (χ0) is 15.1. The topological polar surface area (TPSA) is 64.1 Å². The lowest BCUT2D eigenvalue weighted by Crippen LogP contribution is -2.32. The van der Waals surface area contributed by atoms with E-state index in [4.69, 9.17) is 4.74 Å². The zero-order valence-corrected chi connectivity index (χ0v) is 13.0. The molecule has 0 radical (unpaired) electrons. The molecule has 0 fully saturated rings. The van der Waals surface area contributed by atoms with E-state index in [-0.39, 0.29) is 5.91 Å². The highest BCUT2D eigenvalue weighted by atomic mass is 32.1. The summed E-state index contributed by atoms with van der Waals surface area (Å²) >= 11 is 1.41. The number of hydrogen-bond donors (Lipinski definition) is 1. The van der Waals surface area contributed by atoms with Crippen LogP contribution in [0, 0.1) is 0 Å². The molecule has 6 heteroatoms. The number of anilines is 1. The first-order valence-corrected chi connectivity index (χ1v) is 7.89. The maximum absolute atomic E-state index is 12.2. The Bertz CT molecular complexity index is 571. The second-order valence-electron chi connectivity index (χ2n) is 4.57. The molecule has 21 heavy (non-hydrogen) atoms. The molecule has 2 rings (SSSR count). The third kappa shape index (κ3) is 4.53. The summed E-state index contributed by atoms with van der Waals surface area (Å²) < 4.78 is 5.70. The van der Waals surface area contributed by atoms with E-state index in [0.29, 0.717) is 17.3 Å². The lowest BCUT2D eigenvalue weighted by atomic mass is 10.2. The predicted molar refractivity (Wildman–Crippen MR) is 83.7 cm³/mol. The van der Waals surface area contributed by atoms with Crippen LogP contribution in [0.1, 0.15) is 31.7 Å². The highest BCUT2D eigenvalue weighted by Gasteiger charge is 2.20. The first kappa shape index (κ1) is 15.4. The first-order chi connectivity index (χ1) is 10.2. The zero-order valence-electron chi connectivity index (χ0n) is 12.2. The molecule has 0 aliphatic heterocycles. The Hall–Kier alpha value is -1.95. The fourth-order valence-corrected chi connectivity index (χ4v) is 2.63. The van der Waals surface area contributed by atoms with E-state index in [9.17, 15) is 4.79 Å². The van der Waals surface area contributed by atoms with Crippen molar-refractivity contribution in [2.24, 2.45) is 0 Å². The minimum atomic E-state index is -0.536. The highest BCUT2D eigenvalue weighted by Crippen LogP contribution is 2.18. The van der Waals surface area contributed by atoms with Crippen LogP contribution in [0.4, 0.5) is 5.13 Å². The highest BCUT2D eigenvalue weighted by molar-refractivity contribution is 7.15. The average Bonchev–Trinajstić information content (AvgIpc) is 2.93. The number of carbonyl (C=O) groups excluding carboxylic acids is 1. The third-order valence-corrected chi connectivity index (χ3v) is 3.74. The van der Waals surface area contributed by atoms with Gasteiger partial charge in [-0.15, -0.1) is 10.2 Å². The number of carbonyl (C=O) groups is 1. The van der Waals surface area contributed by atoms with Crippen LogP contribution in [-0.4, -0.2) is 22.2 Å². The van der Waals surface area contributed by atoms with Gasteiger partial charge in [0, 0.05) is 6.42 Å². The van der Waals surface area contributed by atoms with E-state index in [1.165, 1.54) is 11.3 Å². The first-order valence-electron chi connectivity index (χ1n) is 7.07. The Balaban J connectivity index is 1.96. The largest absolute Gasteiger partial charge is 0.481 e. The van der Waals surface area contributed by atoms with Crippen molar-refractivity contribution in [1.29, 1.82) is 0 Å². The molecule has 0 bridgehead atoms. The molecule has 1 aromatic heterocycles. The lowest BCUT2D eigenvalue weighted by molar-refractivity contribution is -0.122. The van der Waals surface area contributed by atoms with Crippen molar-refractivity contribution >= 4 is 22.4 Å². The van der Waals surface area contributed by atoms with Crippen LogP contribution in [-0.2, 0) is 11.2 Å². The van der Waals surface area contributed by atoms with E-state index in [1.54, 1.807) is 0 Å². The van der Waals surface area contributed by atoms with Crippen molar-refractivity contribution in [2.45, 2.75) is 39.2 Å². The Labute approximate surface area is 128 Å². The van der Waals surface area contributed by atoms with Crippen molar-refractivity contribution < 1.29 is 9.53 Å². The van der Waals surface area contributed by atoms with Gasteiger partial charge >= 0.3 is 0 Å². The number of rotatable bonds is 7. The van der Waals surface area contributed by atoms with Crippen molar-refractivity contribution in [1.82, 2.24) is 10.2 Å². The molecule has 1 atom stereocenters. The molecule has 0 aliphatic rings. The van der Waals surface area contributed by atoms with Crippen molar-refractivity contribution in [3.05, 3.63) is 35.3 Å². The number of aromatic nitrogens is 2. The van der Waals surface area contributed by atoms with E-state index >= 15 is 0 Å². The van der Waals surface area contributed by atoms with Crippen LogP contribution in [0.3, 0.4) is 0 Å². The minimum Gasteiger partial charge on any atom is -0.481 e. The van der Waals surface area contributed by atoms with Gasteiger partial charge in [-0.3, -0.25) is 10.1 Å². The second kappa shape index (κ2) is 7.73. The van der Waals surface area contributed by atoms with Crippen LogP contribution in [0.2, 0.25) is 0 Å². The summed E-state index contributed by atoms with van der Waals surface area (Å²) in [6.07, 6.45) is 1.94. The maximum Gasteiger partial charge on any atom is 0.267 e. The average molecular weight is 305 g/mol. The number of nitrogens with zero attached hydrogens (tertiary/aromatic N) is 2. The Morgan fingerprint density at radius 2 is 2.05 bits per heavy atom. The molecule has 1 aromatic carbocycles. The molecule has 1 N–H and O–H groups in total. The number of amides is 1. The van der Waals surface area contributed by atoms with Gasteiger partial charge in [0.2, 0.25) is 5.13 Å². The molecule has 0 saturated heterocycles. The van der Waals surface area contributed by atoms with Crippen LogP contribution >= 0.6 is 11.3 Å².